The molecule has 0 aromatic carbocycles. The smallest absolute Gasteiger partial charge is 0.411 e. The largest absolute Gasteiger partial charge is 0.441 e. The Morgan fingerprint density at radius 1 is 1.46 bits per heavy atom. The van der Waals surface area contributed by atoms with E-state index in [9.17, 15) is 4.79 Å². The number of nitrogens with zero attached hydrogens (tertiary/aromatic N) is 1. The average Bonchev–Trinajstić information content (AvgIpc) is 2.75. The third-order valence-electron chi connectivity index (χ3n) is 3.01. The van der Waals surface area contributed by atoms with Crippen LogP contribution < -0.4 is 0 Å². The minimum Gasteiger partial charge on any atom is -0.441 e. The van der Waals surface area contributed by atoms with E-state index in [-0.39, 0.29) is 36.7 Å². The van der Waals surface area contributed by atoms with Crippen LogP contribution in [0.3, 0.4) is 0 Å². The zero-order valence-electron chi connectivity index (χ0n) is 7.47. The van der Waals surface area contributed by atoms with Gasteiger partial charge in [-0.3, -0.25) is 4.90 Å². The van der Waals surface area contributed by atoms with Crippen molar-refractivity contribution in [2.24, 2.45) is 0 Å². The summed E-state index contributed by atoms with van der Waals surface area (Å²) in [5.74, 6) is 0. The zero-order chi connectivity index (χ0) is 9.16. The number of hydrogen-bond acceptors (Lipinski definition) is 4. The highest BCUT2D eigenvalue weighted by molar-refractivity contribution is 5.76. The van der Waals surface area contributed by atoms with Gasteiger partial charge in [-0.1, -0.05) is 0 Å². The first kappa shape index (κ1) is 7.58. The van der Waals surface area contributed by atoms with Crippen molar-refractivity contribution in [2.45, 2.75) is 37.5 Å². The molecule has 3 rings (SSSR count). The Hall–Kier alpha value is -0.810. The van der Waals surface area contributed by atoms with Crippen LogP contribution in [0.2, 0.25) is 0 Å². The molecule has 5 heteroatoms. The van der Waals surface area contributed by atoms with E-state index in [2.05, 4.69) is 0 Å². The molecule has 0 unspecified atom stereocenters. The SMILES string of the molecule is CO[C@@H]1O[C@@H](C)[C@@H]2OC(=O)N3[C@H]1[C@H]23. The molecule has 0 N–H and O–H groups in total. The molecule has 3 fully saturated rings. The molecule has 1 amide bonds. The molecule has 72 valence electrons. The Bertz CT molecular complexity index is 265. The van der Waals surface area contributed by atoms with Crippen molar-refractivity contribution in [3.8, 4) is 0 Å². The minimum atomic E-state index is -0.274. The van der Waals surface area contributed by atoms with Gasteiger partial charge in [0.2, 0.25) is 0 Å². The second-order valence-electron chi connectivity index (χ2n) is 3.68. The van der Waals surface area contributed by atoms with Crippen molar-refractivity contribution in [1.29, 1.82) is 0 Å². The van der Waals surface area contributed by atoms with Crippen molar-refractivity contribution >= 4 is 6.09 Å². The predicted octanol–water partition coefficient (Wildman–Crippen LogP) is -0.0508. The van der Waals surface area contributed by atoms with Crippen LogP contribution in [0, 0.1) is 0 Å². The first-order valence-corrected chi connectivity index (χ1v) is 4.41. The summed E-state index contributed by atoms with van der Waals surface area (Å²) in [6.45, 7) is 1.90. The summed E-state index contributed by atoms with van der Waals surface area (Å²) >= 11 is 0. The molecule has 0 aromatic rings. The number of carbonyl (C=O) groups excluding carboxylic acids is 1. The molecule has 0 saturated carbocycles. The van der Waals surface area contributed by atoms with Crippen LogP contribution in [-0.2, 0) is 14.2 Å². The van der Waals surface area contributed by atoms with Crippen LogP contribution in [0.1, 0.15) is 6.92 Å². The number of carbonyl (C=O) groups is 1. The lowest BCUT2D eigenvalue weighted by molar-refractivity contribution is -0.196. The van der Waals surface area contributed by atoms with Crippen molar-refractivity contribution in [1.82, 2.24) is 4.90 Å². The lowest BCUT2D eigenvalue weighted by atomic mass is 10.1. The van der Waals surface area contributed by atoms with E-state index < -0.39 is 0 Å². The van der Waals surface area contributed by atoms with Crippen LogP contribution >= 0.6 is 0 Å². The maximum atomic E-state index is 11.2. The molecule has 0 aromatic heterocycles. The predicted molar refractivity (Wildman–Crippen MR) is 41.0 cm³/mol. The summed E-state index contributed by atoms with van der Waals surface area (Å²) < 4.78 is 15.8. The van der Waals surface area contributed by atoms with E-state index in [1.165, 1.54) is 0 Å². The van der Waals surface area contributed by atoms with Crippen LogP contribution in [0.4, 0.5) is 4.79 Å². The van der Waals surface area contributed by atoms with E-state index in [0.29, 0.717) is 0 Å². The van der Waals surface area contributed by atoms with Crippen LogP contribution in [-0.4, -0.2) is 48.7 Å². The highest BCUT2D eigenvalue weighted by Gasteiger charge is 2.70. The topological polar surface area (TPSA) is 47.8 Å². The molecule has 0 radical (unpaired) electrons. The van der Waals surface area contributed by atoms with E-state index >= 15 is 0 Å². The second kappa shape index (κ2) is 2.16. The molecule has 0 bridgehead atoms. The summed E-state index contributed by atoms with van der Waals surface area (Å²) in [7, 11) is 1.60. The van der Waals surface area contributed by atoms with Crippen LogP contribution in [0.5, 0.6) is 0 Å². The van der Waals surface area contributed by atoms with E-state index in [1.807, 2.05) is 6.92 Å². The number of fused-ring (bicyclic) bond motifs is 1. The highest BCUT2D eigenvalue weighted by Crippen LogP contribution is 2.47. The summed E-state index contributed by atoms with van der Waals surface area (Å²) in [4.78, 5) is 12.9. The standard InChI is InChI=1S/C8H11NO4/c1-3-6-4-5(7(11-2)12-3)9(4)8(10)13-6/h3-7H,1-2H3/t3-,4+,5-,6-,7+,9?/m0/s1. The quantitative estimate of drug-likeness (QED) is 0.537. The van der Waals surface area contributed by atoms with Gasteiger partial charge in [0, 0.05) is 7.11 Å². The van der Waals surface area contributed by atoms with Gasteiger partial charge in [0.15, 0.2) is 12.4 Å². The fraction of sp³-hybridized carbons (Fsp3) is 0.875. The van der Waals surface area contributed by atoms with Crippen molar-refractivity contribution < 1.29 is 19.0 Å². The van der Waals surface area contributed by atoms with Gasteiger partial charge < -0.3 is 14.2 Å². The molecule has 5 nitrogen and oxygen atoms in total. The van der Waals surface area contributed by atoms with Gasteiger partial charge in [-0.2, -0.15) is 0 Å². The molecule has 5 atom stereocenters. The third kappa shape index (κ3) is 0.763. The Labute approximate surface area is 75.5 Å². The van der Waals surface area contributed by atoms with Gasteiger partial charge in [-0.15, -0.1) is 0 Å². The van der Waals surface area contributed by atoms with Gasteiger partial charge in [0.25, 0.3) is 0 Å². The van der Waals surface area contributed by atoms with Crippen molar-refractivity contribution in [2.75, 3.05) is 7.11 Å². The maximum absolute atomic E-state index is 11.2. The Kier molecular flexibility index (Phi) is 1.26. The average molecular weight is 185 g/mol. The molecular weight excluding hydrogens is 174 g/mol. The lowest BCUT2D eigenvalue weighted by Gasteiger charge is -2.30. The summed E-state index contributed by atoms with van der Waals surface area (Å²) in [5, 5.41) is 0. The normalized spacial score (nSPS) is 51.7. The Morgan fingerprint density at radius 2 is 2.23 bits per heavy atom. The third-order valence-corrected chi connectivity index (χ3v) is 3.01. The summed E-state index contributed by atoms with van der Waals surface area (Å²) in [5.41, 5.74) is 0. The molecule has 0 spiro atoms. The fourth-order valence-corrected chi connectivity index (χ4v) is 2.34. The highest BCUT2D eigenvalue weighted by atomic mass is 16.7. The van der Waals surface area contributed by atoms with Gasteiger partial charge in [-0.25, -0.2) is 4.79 Å². The molecular formula is C8H11NO4. The molecule has 3 saturated heterocycles. The number of amides is 1. The van der Waals surface area contributed by atoms with E-state index in [0.717, 1.165) is 0 Å². The van der Waals surface area contributed by atoms with Gasteiger partial charge in [-0.05, 0) is 6.92 Å². The van der Waals surface area contributed by atoms with Crippen LogP contribution in [0.25, 0.3) is 0 Å². The number of methoxy groups -OCH3 is 1. The van der Waals surface area contributed by atoms with Gasteiger partial charge in [0.1, 0.15) is 12.1 Å². The first-order chi connectivity index (χ1) is 6.24. The van der Waals surface area contributed by atoms with Crippen molar-refractivity contribution in [3.05, 3.63) is 0 Å². The minimum absolute atomic E-state index is 0.0670. The molecule has 3 heterocycles. The Morgan fingerprint density at radius 3 is 2.92 bits per heavy atom. The second-order valence-corrected chi connectivity index (χ2v) is 3.68. The number of hydrogen-bond donors (Lipinski definition) is 0. The zero-order valence-corrected chi connectivity index (χ0v) is 7.47. The fourth-order valence-electron chi connectivity index (χ4n) is 2.34. The Balaban J connectivity index is 1.88. The number of rotatable bonds is 1. The summed E-state index contributed by atoms with van der Waals surface area (Å²) in [6, 6.07) is 0.286. The molecule has 0 aliphatic carbocycles. The van der Waals surface area contributed by atoms with Crippen LogP contribution in [0.15, 0.2) is 0 Å². The first-order valence-electron chi connectivity index (χ1n) is 4.41. The molecule has 3 aliphatic rings. The summed E-state index contributed by atoms with van der Waals surface area (Å²) in [6.07, 6.45) is -0.659. The number of ether oxygens (including phenoxy) is 3. The lowest BCUT2D eigenvalue weighted by Crippen LogP contribution is -2.46. The van der Waals surface area contributed by atoms with Gasteiger partial charge in [0.05, 0.1) is 6.10 Å². The molecule has 3 aliphatic heterocycles. The van der Waals surface area contributed by atoms with Gasteiger partial charge >= 0.3 is 6.09 Å². The molecule has 13 heavy (non-hydrogen) atoms. The monoisotopic (exact) mass is 185 g/mol. The maximum Gasteiger partial charge on any atom is 0.411 e. The van der Waals surface area contributed by atoms with Crippen molar-refractivity contribution in [3.63, 3.8) is 0 Å². The van der Waals surface area contributed by atoms with E-state index in [1.54, 1.807) is 12.0 Å². The van der Waals surface area contributed by atoms with E-state index in [4.69, 9.17) is 14.2 Å².